The predicted octanol–water partition coefficient (Wildman–Crippen LogP) is 4.57. The number of hydrogen-bond acceptors (Lipinski definition) is 5. The minimum Gasteiger partial charge on any atom is -0.467 e. The first-order chi connectivity index (χ1) is 12.3. The Hall–Kier alpha value is -1.51. The zero-order valence-electron chi connectivity index (χ0n) is 16.1. The van der Waals surface area contributed by atoms with Crippen molar-refractivity contribution in [3.63, 3.8) is 0 Å². The van der Waals surface area contributed by atoms with Crippen LogP contribution in [0.2, 0.25) is 0 Å². The molecule has 2 bridgehead atoms. The van der Waals surface area contributed by atoms with Crippen LogP contribution in [-0.4, -0.2) is 49.9 Å². The third kappa shape index (κ3) is 3.39. The smallest absolute Gasteiger partial charge is 0.411 e. The molecule has 2 saturated heterocycles. The Balaban J connectivity index is 1.92. The molecule has 3 atom stereocenters. The van der Waals surface area contributed by atoms with Crippen LogP contribution in [0.15, 0.2) is 16.7 Å². The Bertz CT molecular complexity index is 740. The van der Waals surface area contributed by atoms with Crippen molar-refractivity contribution in [2.24, 2.45) is 0 Å². The second-order valence-corrected chi connectivity index (χ2v) is 9.53. The normalized spacial score (nSPS) is 32.3. The predicted molar refractivity (Wildman–Crippen MR) is 97.8 cm³/mol. The monoisotopic (exact) mass is 447 g/mol. The van der Waals surface area contributed by atoms with Gasteiger partial charge in [-0.1, -0.05) is 0 Å². The summed E-state index contributed by atoms with van der Waals surface area (Å²) in [4.78, 5) is 14.0. The van der Waals surface area contributed by atoms with E-state index < -0.39 is 34.8 Å². The van der Waals surface area contributed by atoms with E-state index in [1.165, 1.54) is 17.9 Å². The highest BCUT2D eigenvalue weighted by molar-refractivity contribution is 9.10. The molecule has 1 aromatic heterocycles. The first-order valence-electron chi connectivity index (χ1n) is 8.86. The lowest BCUT2D eigenvalue weighted by Crippen LogP contribution is -2.72. The summed E-state index contributed by atoms with van der Waals surface area (Å²) in [6.07, 6.45) is -1.53. The average molecular weight is 448 g/mol. The van der Waals surface area contributed by atoms with Crippen molar-refractivity contribution in [2.75, 3.05) is 0 Å². The molecule has 3 rings (SSSR count). The number of fused-ring (bicyclic) bond motifs is 2. The molecule has 0 radical (unpaired) electrons. The third-order valence-corrected chi connectivity index (χ3v) is 5.80. The van der Waals surface area contributed by atoms with Gasteiger partial charge in [-0.2, -0.15) is 8.78 Å². The Labute approximate surface area is 165 Å². The topological polar surface area (TPSA) is 64.5 Å². The van der Waals surface area contributed by atoms with E-state index >= 15 is 8.78 Å². The number of hydrogen-bond donors (Lipinski definition) is 0. The van der Waals surface area contributed by atoms with Crippen molar-refractivity contribution in [3.8, 4) is 5.88 Å². The van der Waals surface area contributed by atoms with Crippen LogP contribution in [0.25, 0.3) is 0 Å². The number of amides is 1. The molecule has 2 fully saturated rings. The van der Waals surface area contributed by atoms with Gasteiger partial charge in [0.15, 0.2) is 6.10 Å². The van der Waals surface area contributed by atoms with Gasteiger partial charge in [0.05, 0.1) is 0 Å². The van der Waals surface area contributed by atoms with E-state index in [1.54, 1.807) is 33.8 Å². The van der Waals surface area contributed by atoms with Crippen molar-refractivity contribution in [1.29, 1.82) is 0 Å². The van der Waals surface area contributed by atoms with Crippen molar-refractivity contribution in [2.45, 2.75) is 82.6 Å². The number of carbonyl (C=O) groups excluding carboxylic acids is 1. The minimum atomic E-state index is -3.28. The van der Waals surface area contributed by atoms with Crippen LogP contribution in [0.1, 0.15) is 53.9 Å². The zero-order chi connectivity index (χ0) is 20.3. The maximum absolute atomic E-state index is 15.5. The maximum atomic E-state index is 15.5. The Kier molecular flexibility index (Phi) is 4.68. The molecule has 0 aliphatic carbocycles. The van der Waals surface area contributed by atoms with Gasteiger partial charge < -0.3 is 9.47 Å². The average Bonchev–Trinajstić information content (AvgIpc) is 2.76. The molecule has 0 aromatic carbocycles. The maximum Gasteiger partial charge on any atom is 0.411 e. The first kappa shape index (κ1) is 20.2. The number of halogens is 3. The van der Waals surface area contributed by atoms with Crippen LogP contribution in [0.5, 0.6) is 5.88 Å². The molecule has 1 aromatic rings. The lowest BCUT2D eigenvalue weighted by molar-refractivity contribution is -0.220. The van der Waals surface area contributed by atoms with E-state index in [2.05, 4.69) is 26.1 Å². The second-order valence-electron chi connectivity index (χ2n) is 8.71. The fourth-order valence-corrected chi connectivity index (χ4v) is 4.28. The summed E-state index contributed by atoms with van der Waals surface area (Å²) in [6.45, 7) is 8.37. The molecule has 27 heavy (non-hydrogen) atoms. The van der Waals surface area contributed by atoms with Crippen LogP contribution in [-0.2, 0) is 4.74 Å². The summed E-state index contributed by atoms with van der Waals surface area (Å²) in [5.41, 5.74) is -3.25. The fraction of sp³-hybridized carbons (Fsp3) is 0.722. The standard InChI is InChI=1S/C18H24BrF2N3O3/c1-15(2,3)27-14(25)24-16(4)8-9-17(24,5)18(20,21)11(10-16)26-13-7-6-12(19)22-23-13/h6-7,11H,8-10H2,1-5H3/t11-,16-,17+/m1/s1. The molecule has 2 aliphatic heterocycles. The summed E-state index contributed by atoms with van der Waals surface area (Å²) >= 11 is 3.15. The molecule has 2 aliphatic rings. The summed E-state index contributed by atoms with van der Waals surface area (Å²) in [6, 6.07) is 3.06. The number of piperidine rings is 1. The number of alkyl halides is 2. The first-order valence-corrected chi connectivity index (χ1v) is 9.65. The van der Waals surface area contributed by atoms with Gasteiger partial charge in [-0.3, -0.25) is 4.90 Å². The van der Waals surface area contributed by atoms with Crippen molar-refractivity contribution in [1.82, 2.24) is 15.1 Å². The van der Waals surface area contributed by atoms with E-state index in [4.69, 9.17) is 9.47 Å². The summed E-state index contributed by atoms with van der Waals surface area (Å²) < 4.78 is 42.4. The van der Waals surface area contributed by atoms with Gasteiger partial charge in [0.2, 0.25) is 5.88 Å². The second kappa shape index (κ2) is 6.25. The SMILES string of the molecule is CC(C)(C)OC(=O)N1[C@]2(C)CC[C@@]1(C)C(F)(F)[C@H](Oc1ccc(Br)nn1)C2. The highest BCUT2D eigenvalue weighted by Gasteiger charge is 2.73. The highest BCUT2D eigenvalue weighted by Crippen LogP contribution is 2.58. The van der Waals surface area contributed by atoms with Crippen molar-refractivity contribution >= 4 is 22.0 Å². The molecule has 6 nitrogen and oxygen atoms in total. The lowest BCUT2D eigenvalue weighted by atomic mass is 9.80. The van der Waals surface area contributed by atoms with Crippen LogP contribution in [0, 0.1) is 0 Å². The number of ether oxygens (including phenoxy) is 2. The van der Waals surface area contributed by atoms with E-state index in [1.807, 2.05) is 0 Å². The lowest BCUT2D eigenvalue weighted by Gasteiger charge is -2.54. The van der Waals surface area contributed by atoms with Gasteiger partial charge >= 0.3 is 12.0 Å². The van der Waals surface area contributed by atoms with E-state index in [9.17, 15) is 4.79 Å². The molecule has 9 heteroatoms. The molecule has 150 valence electrons. The number of rotatable bonds is 2. The Morgan fingerprint density at radius 1 is 1.26 bits per heavy atom. The number of aromatic nitrogens is 2. The number of carbonyl (C=O) groups is 1. The molecule has 0 saturated carbocycles. The van der Waals surface area contributed by atoms with Crippen molar-refractivity contribution in [3.05, 3.63) is 16.7 Å². The summed E-state index contributed by atoms with van der Waals surface area (Å²) in [5.74, 6) is -3.26. The van der Waals surface area contributed by atoms with Gasteiger partial charge in [0, 0.05) is 18.0 Å². The Morgan fingerprint density at radius 2 is 1.93 bits per heavy atom. The van der Waals surface area contributed by atoms with Crippen LogP contribution >= 0.6 is 15.9 Å². The molecule has 0 spiro atoms. The van der Waals surface area contributed by atoms with Gasteiger partial charge in [0.1, 0.15) is 15.7 Å². The van der Waals surface area contributed by atoms with Gasteiger partial charge in [-0.15, -0.1) is 10.2 Å². The quantitative estimate of drug-likeness (QED) is 0.663. The number of nitrogens with zero attached hydrogens (tertiary/aromatic N) is 3. The molecular weight excluding hydrogens is 424 g/mol. The summed E-state index contributed by atoms with van der Waals surface area (Å²) in [7, 11) is 0. The van der Waals surface area contributed by atoms with Crippen molar-refractivity contribution < 1.29 is 23.0 Å². The van der Waals surface area contributed by atoms with E-state index in [0.29, 0.717) is 11.0 Å². The van der Waals surface area contributed by atoms with Gasteiger partial charge in [-0.25, -0.2) is 4.79 Å². The molecule has 1 amide bonds. The van der Waals surface area contributed by atoms with E-state index in [-0.39, 0.29) is 18.7 Å². The van der Waals surface area contributed by atoms with Crippen LogP contribution in [0.3, 0.4) is 0 Å². The molecule has 0 N–H and O–H groups in total. The fourth-order valence-electron chi connectivity index (χ4n) is 4.07. The molecule has 3 heterocycles. The largest absolute Gasteiger partial charge is 0.467 e. The highest BCUT2D eigenvalue weighted by atomic mass is 79.9. The third-order valence-electron chi connectivity index (χ3n) is 5.38. The zero-order valence-corrected chi connectivity index (χ0v) is 17.6. The summed E-state index contributed by atoms with van der Waals surface area (Å²) in [5, 5.41) is 7.58. The minimum absolute atomic E-state index is 0.0213. The molecular formula is C18H24BrF2N3O3. The molecule has 0 unspecified atom stereocenters. The van der Waals surface area contributed by atoms with Crippen LogP contribution < -0.4 is 4.74 Å². The van der Waals surface area contributed by atoms with Crippen LogP contribution in [0.4, 0.5) is 13.6 Å². The Morgan fingerprint density at radius 3 is 2.48 bits per heavy atom. The van der Waals surface area contributed by atoms with Gasteiger partial charge in [0.25, 0.3) is 0 Å². The van der Waals surface area contributed by atoms with Gasteiger partial charge in [-0.05, 0) is 69.5 Å². The van der Waals surface area contributed by atoms with E-state index in [0.717, 1.165) is 0 Å².